The number of fused-ring (bicyclic) bond motifs is 1. The minimum Gasteiger partial charge on any atom is -0.370 e. The lowest BCUT2D eigenvalue weighted by Gasteiger charge is -2.66. The van der Waals surface area contributed by atoms with Gasteiger partial charge >= 0.3 is 0 Å². The molecule has 2 saturated heterocycles. The maximum absolute atomic E-state index is 6.26. The number of rotatable bonds is 1. The second kappa shape index (κ2) is 3.35. The zero-order valence-electron chi connectivity index (χ0n) is 11.0. The lowest BCUT2D eigenvalue weighted by atomic mass is 9.53. The molecule has 0 aromatic heterocycles. The lowest BCUT2D eigenvalue weighted by molar-refractivity contribution is -0.322. The van der Waals surface area contributed by atoms with E-state index in [0.717, 1.165) is 17.8 Å². The van der Waals surface area contributed by atoms with Crippen molar-refractivity contribution in [3.05, 3.63) is 11.6 Å². The Morgan fingerprint density at radius 1 is 1.44 bits per heavy atom. The molecule has 4 aliphatic rings. The Balaban J connectivity index is 1.96. The number of allylic oxidation sites excluding steroid dienone is 1. The van der Waals surface area contributed by atoms with Crippen molar-refractivity contribution in [1.29, 1.82) is 0 Å². The third-order valence-corrected chi connectivity index (χ3v) is 5.46. The second-order valence-corrected chi connectivity index (χ2v) is 6.58. The Morgan fingerprint density at radius 3 is 2.81 bits per heavy atom. The van der Waals surface area contributed by atoms with Gasteiger partial charge in [-0.25, -0.2) is 0 Å². The van der Waals surface area contributed by atoms with Gasteiger partial charge < -0.3 is 4.74 Å². The Labute approximate surface area is 99.3 Å². The van der Waals surface area contributed by atoms with Gasteiger partial charge in [0, 0.05) is 11.8 Å². The molecule has 16 heavy (non-hydrogen) atoms. The molecule has 2 bridgehead atoms. The number of hydrogen-bond acceptors (Lipinski definition) is 1. The van der Waals surface area contributed by atoms with E-state index >= 15 is 0 Å². The third-order valence-electron chi connectivity index (χ3n) is 5.46. The van der Waals surface area contributed by atoms with Crippen LogP contribution in [0.15, 0.2) is 11.6 Å². The normalized spacial score (nSPS) is 50.7. The summed E-state index contributed by atoms with van der Waals surface area (Å²) < 4.78 is 6.26. The van der Waals surface area contributed by atoms with Crippen LogP contribution < -0.4 is 0 Å². The fraction of sp³-hybridized carbons (Fsp3) is 0.867. The summed E-state index contributed by atoms with van der Waals surface area (Å²) in [5.41, 5.74) is 1.82. The molecule has 1 nitrogen and oxygen atoms in total. The van der Waals surface area contributed by atoms with E-state index in [1.54, 1.807) is 5.57 Å². The standard InChI is InChI=1S/C15H24O/c1-9(2)12-8-14-11(4)15(16-14)6-5-10(3)7-13(12)15/h7,9,11-14H,5-6,8H2,1-4H3/t11?,12-,13?,14-,15-/m0/s1. The third kappa shape index (κ3) is 1.21. The van der Waals surface area contributed by atoms with Gasteiger partial charge in [-0.1, -0.05) is 32.4 Å². The van der Waals surface area contributed by atoms with Crippen LogP contribution in [0.5, 0.6) is 0 Å². The SMILES string of the molecule is CC1=CC2[C@H](C(C)C)C[C@@H]3O[C@@]2(CC1)C3C. The second-order valence-electron chi connectivity index (χ2n) is 6.58. The van der Waals surface area contributed by atoms with E-state index in [1.165, 1.54) is 19.3 Å². The van der Waals surface area contributed by atoms with Crippen LogP contribution in [-0.2, 0) is 4.74 Å². The summed E-state index contributed by atoms with van der Waals surface area (Å²) in [5, 5.41) is 0. The van der Waals surface area contributed by atoms with E-state index in [9.17, 15) is 0 Å². The smallest absolute Gasteiger partial charge is 0.0804 e. The molecule has 0 amide bonds. The first-order valence-corrected chi connectivity index (χ1v) is 6.89. The van der Waals surface area contributed by atoms with Crippen LogP contribution in [0, 0.1) is 23.7 Å². The quantitative estimate of drug-likeness (QED) is 0.611. The number of hydrogen-bond donors (Lipinski definition) is 0. The molecule has 1 heteroatoms. The molecular formula is C15H24O. The first-order chi connectivity index (χ1) is 7.54. The molecule has 4 rings (SSSR count). The molecule has 1 spiro atoms. The summed E-state index contributed by atoms with van der Waals surface area (Å²) in [6, 6.07) is 0. The van der Waals surface area contributed by atoms with Gasteiger partial charge in [0.25, 0.3) is 0 Å². The zero-order valence-corrected chi connectivity index (χ0v) is 11.0. The van der Waals surface area contributed by atoms with Gasteiger partial charge in [-0.05, 0) is 38.0 Å². The molecule has 2 heterocycles. The van der Waals surface area contributed by atoms with Crippen molar-refractivity contribution in [2.24, 2.45) is 23.7 Å². The summed E-state index contributed by atoms with van der Waals surface area (Å²) in [6.07, 6.45) is 6.91. The highest BCUT2D eigenvalue weighted by Crippen LogP contribution is 2.60. The summed E-state index contributed by atoms with van der Waals surface area (Å²) >= 11 is 0. The van der Waals surface area contributed by atoms with Crippen molar-refractivity contribution in [1.82, 2.24) is 0 Å². The van der Waals surface area contributed by atoms with Crippen molar-refractivity contribution in [3.8, 4) is 0 Å². The summed E-state index contributed by atoms with van der Waals surface area (Å²) in [4.78, 5) is 0. The van der Waals surface area contributed by atoms with Crippen LogP contribution in [0.4, 0.5) is 0 Å². The van der Waals surface area contributed by atoms with Gasteiger partial charge in [-0.3, -0.25) is 0 Å². The monoisotopic (exact) mass is 220 g/mol. The van der Waals surface area contributed by atoms with Gasteiger partial charge in [-0.2, -0.15) is 0 Å². The van der Waals surface area contributed by atoms with E-state index < -0.39 is 0 Å². The average molecular weight is 220 g/mol. The number of ether oxygens (including phenoxy) is 1. The maximum Gasteiger partial charge on any atom is 0.0804 e. The molecule has 0 N–H and O–H groups in total. The first-order valence-electron chi connectivity index (χ1n) is 6.89. The van der Waals surface area contributed by atoms with Gasteiger partial charge in [0.05, 0.1) is 11.7 Å². The summed E-state index contributed by atoms with van der Waals surface area (Å²) in [7, 11) is 0. The van der Waals surface area contributed by atoms with Crippen LogP contribution in [0.2, 0.25) is 0 Å². The summed E-state index contributed by atoms with van der Waals surface area (Å²) in [5.74, 6) is 3.13. The van der Waals surface area contributed by atoms with Crippen LogP contribution in [-0.4, -0.2) is 11.7 Å². The highest BCUT2D eigenvalue weighted by molar-refractivity contribution is 5.22. The van der Waals surface area contributed by atoms with E-state index in [-0.39, 0.29) is 5.60 Å². The topological polar surface area (TPSA) is 9.23 Å². The Hall–Kier alpha value is -0.300. The Kier molecular flexibility index (Phi) is 2.27. The first kappa shape index (κ1) is 10.8. The average Bonchev–Trinajstić information content (AvgIpc) is 2.26. The lowest BCUT2D eigenvalue weighted by Crippen LogP contribution is -2.69. The molecular weight excluding hydrogens is 196 g/mol. The highest BCUT2D eigenvalue weighted by atomic mass is 16.5. The maximum atomic E-state index is 6.26. The van der Waals surface area contributed by atoms with Crippen LogP contribution in [0.3, 0.4) is 0 Å². The molecule has 2 unspecified atom stereocenters. The van der Waals surface area contributed by atoms with Crippen molar-refractivity contribution >= 4 is 0 Å². The highest BCUT2D eigenvalue weighted by Gasteiger charge is 2.63. The van der Waals surface area contributed by atoms with Crippen molar-refractivity contribution < 1.29 is 4.74 Å². The van der Waals surface area contributed by atoms with Gasteiger partial charge in [0.1, 0.15) is 0 Å². The van der Waals surface area contributed by atoms with Gasteiger partial charge in [0.2, 0.25) is 0 Å². The Bertz CT molecular complexity index is 330. The predicted molar refractivity (Wildman–Crippen MR) is 66.2 cm³/mol. The summed E-state index contributed by atoms with van der Waals surface area (Å²) in [6.45, 7) is 9.46. The minimum absolute atomic E-state index is 0.233. The predicted octanol–water partition coefficient (Wildman–Crippen LogP) is 3.79. The minimum atomic E-state index is 0.233. The molecule has 1 saturated carbocycles. The molecule has 90 valence electrons. The van der Waals surface area contributed by atoms with Crippen LogP contribution >= 0.6 is 0 Å². The van der Waals surface area contributed by atoms with Crippen LogP contribution in [0.1, 0.15) is 47.0 Å². The van der Waals surface area contributed by atoms with E-state index in [4.69, 9.17) is 4.74 Å². The van der Waals surface area contributed by atoms with Crippen molar-refractivity contribution in [2.45, 2.75) is 58.7 Å². The molecule has 5 atom stereocenters. The molecule has 0 aromatic carbocycles. The van der Waals surface area contributed by atoms with Crippen molar-refractivity contribution in [3.63, 3.8) is 0 Å². The fourth-order valence-corrected chi connectivity index (χ4v) is 4.33. The molecule has 2 aliphatic carbocycles. The zero-order chi connectivity index (χ0) is 11.5. The Morgan fingerprint density at radius 2 is 2.19 bits per heavy atom. The largest absolute Gasteiger partial charge is 0.370 e. The molecule has 3 fully saturated rings. The fourth-order valence-electron chi connectivity index (χ4n) is 4.33. The van der Waals surface area contributed by atoms with Crippen molar-refractivity contribution in [2.75, 3.05) is 0 Å². The van der Waals surface area contributed by atoms with Gasteiger partial charge in [-0.15, -0.1) is 0 Å². The van der Waals surface area contributed by atoms with Crippen LogP contribution in [0.25, 0.3) is 0 Å². The molecule has 2 aliphatic heterocycles. The molecule has 0 radical (unpaired) electrons. The van der Waals surface area contributed by atoms with E-state index in [0.29, 0.717) is 12.0 Å². The van der Waals surface area contributed by atoms with E-state index in [2.05, 4.69) is 33.8 Å². The van der Waals surface area contributed by atoms with E-state index in [1.807, 2.05) is 0 Å². The van der Waals surface area contributed by atoms with Gasteiger partial charge in [0.15, 0.2) is 0 Å². The molecule has 0 aromatic rings.